The summed E-state index contributed by atoms with van der Waals surface area (Å²) in [4.78, 5) is 2.52. The molecule has 0 amide bonds. The first kappa shape index (κ1) is 18.7. The van der Waals surface area contributed by atoms with E-state index >= 15 is 0 Å². The van der Waals surface area contributed by atoms with Crippen LogP contribution in [0, 0.1) is 0 Å². The van der Waals surface area contributed by atoms with Crippen molar-refractivity contribution < 1.29 is 4.74 Å². The maximum atomic E-state index is 6.72. The quantitative estimate of drug-likeness (QED) is 0.679. The highest BCUT2D eigenvalue weighted by Gasteiger charge is 2.39. The third kappa shape index (κ3) is 3.66. The lowest BCUT2D eigenvalue weighted by Crippen LogP contribution is -2.49. The second-order valence-electron chi connectivity index (χ2n) is 8.02. The van der Waals surface area contributed by atoms with E-state index in [1.807, 2.05) is 24.3 Å². The van der Waals surface area contributed by atoms with E-state index in [4.69, 9.17) is 22.1 Å². The number of likely N-dealkylation sites (tertiary alicyclic amines) is 1. The monoisotopic (exact) mass is 408 g/mol. The number of aromatic nitrogens is 2. The van der Waals surface area contributed by atoms with Crippen LogP contribution in [0.15, 0.2) is 54.7 Å². The summed E-state index contributed by atoms with van der Waals surface area (Å²) < 4.78 is 6.72. The van der Waals surface area contributed by atoms with Gasteiger partial charge in [0.25, 0.3) is 0 Å². The molecule has 0 unspecified atom stereocenters. The topological polar surface area (TPSA) is 67.2 Å². The maximum Gasteiger partial charge on any atom is 0.140 e. The van der Waals surface area contributed by atoms with Gasteiger partial charge in [-0.25, -0.2) is 0 Å². The summed E-state index contributed by atoms with van der Waals surface area (Å²) in [5, 5.41) is 7.79. The lowest BCUT2D eigenvalue weighted by Gasteiger charge is -2.38. The van der Waals surface area contributed by atoms with Gasteiger partial charge in [0.05, 0.1) is 11.7 Å². The standard InChI is InChI=1S/C23H25ClN4O/c24-16-7-8-22(19(13-16)20-9-10-26-27-20)29-23-18-6-2-1-4-15(18)12-21(23)28-11-3-5-17(25)14-28/h1-2,4,6-10,13,17,21,23H,3,5,11-12,14,25H2,(H,26,27)/t17-,21-,23+/m1/s1. The molecule has 0 radical (unpaired) electrons. The van der Waals surface area contributed by atoms with Gasteiger partial charge < -0.3 is 10.5 Å². The maximum absolute atomic E-state index is 6.72. The van der Waals surface area contributed by atoms with Crippen LogP contribution in [-0.4, -0.2) is 40.3 Å². The van der Waals surface area contributed by atoms with Crippen molar-refractivity contribution in [1.29, 1.82) is 0 Å². The van der Waals surface area contributed by atoms with Gasteiger partial charge in [-0.1, -0.05) is 35.9 Å². The number of H-pyrrole nitrogens is 1. The molecule has 0 bridgehead atoms. The number of halogens is 1. The highest BCUT2D eigenvalue weighted by Crippen LogP contribution is 2.41. The molecule has 150 valence electrons. The molecule has 0 saturated carbocycles. The number of aromatic amines is 1. The Morgan fingerprint density at radius 2 is 2.07 bits per heavy atom. The molecule has 5 nitrogen and oxygen atoms in total. The third-order valence-corrected chi connectivity index (χ3v) is 6.32. The Kier molecular flexibility index (Phi) is 5.04. The van der Waals surface area contributed by atoms with Gasteiger partial charge in [-0.15, -0.1) is 0 Å². The van der Waals surface area contributed by atoms with E-state index < -0.39 is 0 Å². The van der Waals surface area contributed by atoms with Gasteiger partial charge >= 0.3 is 0 Å². The minimum absolute atomic E-state index is 0.0423. The summed E-state index contributed by atoms with van der Waals surface area (Å²) in [6.45, 7) is 1.99. The first-order valence-corrected chi connectivity index (χ1v) is 10.6. The van der Waals surface area contributed by atoms with Crippen LogP contribution in [0.3, 0.4) is 0 Å². The molecule has 1 saturated heterocycles. The fraction of sp³-hybridized carbons (Fsp3) is 0.348. The minimum Gasteiger partial charge on any atom is -0.483 e. The van der Waals surface area contributed by atoms with Crippen LogP contribution in [0.2, 0.25) is 5.02 Å². The molecular weight excluding hydrogens is 384 g/mol. The summed E-state index contributed by atoms with van der Waals surface area (Å²) in [5.74, 6) is 0.812. The highest BCUT2D eigenvalue weighted by molar-refractivity contribution is 6.30. The van der Waals surface area contributed by atoms with Gasteiger partial charge in [0.2, 0.25) is 0 Å². The zero-order valence-corrected chi connectivity index (χ0v) is 17.0. The van der Waals surface area contributed by atoms with Gasteiger partial charge in [0, 0.05) is 29.4 Å². The predicted octanol–water partition coefficient (Wildman–Crippen LogP) is 4.20. The van der Waals surface area contributed by atoms with E-state index in [2.05, 4.69) is 39.4 Å². The number of piperidine rings is 1. The number of benzene rings is 2. The summed E-state index contributed by atoms with van der Waals surface area (Å²) in [5.41, 5.74) is 10.7. The Morgan fingerprint density at radius 3 is 2.90 bits per heavy atom. The van der Waals surface area contributed by atoms with Crippen LogP contribution in [-0.2, 0) is 6.42 Å². The van der Waals surface area contributed by atoms with E-state index in [9.17, 15) is 0 Å². The van der Waals surface area contributed by atoms with Crippen molar-refractivity contribution in [3.05, 3.63) is 70.9 Å². The smallest absolute Gasteiger partial charge is 0.140 e. The molecule has 6 heteroatoms. The molecule has 0 spiro atoms. The SMILES string of the molecule is N[C@@H]1CCCN([C@@H]2Cc3ccccc3[C@@H]2Oc2ccc(Cl)cc2-c2ccn[nH]2)C1. The first-order valence-electron chi connectivity index (χ1n) is 10.2. The van der Waals surface area contributed by atoms with E-state index in [0.717, 1.165) is 49.4 Å². The van der Waals surface area contributed by atoms with Gasteiger partial charge in [-0.2, -0.15) is 5.10 Å². The molecule has 1 aromatic heterocycles. The van der Waals surface area contributed by atoms with Crippen LogP contribution < -0.4 is 10.5 Å². The number of rotatable bonds is 4. The predicted molar refractivity (Wildman–Crippen MR) is 115 cm³/mol. The van der Waals surface area contributed by atoms with E-state index in [1.165, 1.54) is 11.1 Å². The van der Waals surface area contributed by atoms with Gasteiger partial charge in [0.15, 0.2) is 0 Å². The molecular formula is C23H25ClN4O. The molecule has 1 fully saturated rings. The molecule has 3 atom stereocenters. The van der Waals surface area contributed by atoms with Crippen LogP contribution in [0.5, 0.6) is 5.75 Å². The van der Waals surface area contributed by atoms with Crippen LogP contribution in [0.25, 0.3) is 11.3 Å². The number of hydrogen-bond acceptors (Lipinski definition) is 4. The fourth-order valence-corrected chi connectivity index (χ4v) is 4.87. The summed E-state index contributed by atoms with van der Waals surface area (Å²) in [7, 11) is 0. The molecule has 1 aliphatic carbocycles. The van der Waals surface area contributed by atoms with Crippen molar-refractivity contribution in [1.82, 2.24) is 15.1 Å². The Labute approximate surface area is 175 Å². The van der Waals surface area contributed by atoms with Gasteiger partial charge in [-0.3, -0.25) is 10.00 Å². The van der Waals surface area contributed by atoms with Crippen molar-refractivity contribution in [2.24, 2.45) is 5.73 Å². The number of ether oxygens (including phenoxy) is 1. The second kappa shape index (κ2) is 7.82. The number of nitrogens with one attached hydrogen (secondary N) is 1. The van der Waals surface area contributed by atoms with Gasteiger partial charge in [-0.05, 0) is 61.2 Å². The van der Waals surface area contributed by atoms with Crippen LogP contribution in [0.4, 0.5) is 0 Å². The molecule has 5 rings (SSSR count). The molecule has 29 heavy (non-hydrogen) atoms. The van der Waals surface area contributed by atoms with Crippen molar-refractivity contribution in [2.45, 2.75) is 37.5 Å². The van der Waals surface area contributed by atoms with Gasteiger partial charge in [0.1, 0.15) is 11.9 Å². The van der Waals surface area contributed by atoms with E-state index in [0.29, 0.717) is 5.02 Å². The van der Waals surface area contributed by atoms with Crippen molar-refractivity contribution in [3.63, 3.8) is 0 Å². The number of nitrogens with two attached hydrogens (primary N) is 1. The Balaban J connectivity index is 1.51. The largest absolute Gasteiger partial charge is 0.483 e. The normalized spacial score (nSPS) is 24.4. The molecule has 2 aromatic carbocycles. The summed E-state index contributed by atoms with van der Waals surface area (Å²) in [6.07, 6.45) is 4.92. The highest BCUT2D eigenvalue weighted by atomic mass is 35.5. The van der Waals surface area contributed by atoms with Crippen LogP contribution >= 0.6 is 11.6 Å². The van der Waals surface area contributed by atoms with E-state index in [1.54, 1.807) is 6.20 Å². The number of hydrogen-bond donors (Lipinski definition) is 2. The fourth-order valence-electron chi connectivity index (χ4n) is 4.70. The van der Waals surface area contributed by atoms with Crippen LogP contribution in [0.1, 0.15) is 30.1 Å². The average Bonchev–Trinajstić information content (AvgIpc) is 3.38. The molecule has 2 heterocycles. The number of fused-ring (bicyclic) bond motifs is 1. The number of nitrogens with zero attached hydrogens (tertiary/aromatic N) is 2. The Morgan fingerprint density at radius 1 is 1.17 bits per heavy atom. The molecule has 1 aliphatic heterocycles. The van der Waals surface area contributed by atoms with Crippen molar-refractivity contribution in [2.75, 3.05) is 13.1 Å². The second-order valence-corrected chi connectivity index (χ2v) is 8.45. The summed E-state index contributed by atoms with van der Waals surface area (Å²) >= 11 is 6.29. The van der Waals surface area contributed by atoms with Crippen molar-refractivity contribution >= 4 is 11.6 Å². The molecule has 3 aromatic rings. The Bertz CT molecular complexity index is 990. The van der Waals surface area contributed by atoms with Crippen molar-refractivity contribution in [3.8, 4) is 17.0 Å². The average molecular weight is 409 g/mol. The third-order valence-electron chi connectivity index (χ3n) is 6.08. The lowest BCUT2D eigenvalue weighted by molar-refractivity contribution is 0.0596. The lowest BCUT2D eigenvalue weighted by atomic mass is 10.0. The summed E-state index contributed by atoms with van der Waals surface area (Å²) in [6, 6.07) is 16.8. The molecule has 2 aliphatic rings. The first-order chi connectivity index (χ1) is 14.2. The minimum atomic E-state index is -0.0423. The zero-order valence-electron chi connectivity index (χ0n) is 16.2. The zero-order chi connectivity index (χ0) is 19.8. The Hall–Kier alpha value is -2.34. The van der Waals surface area contributed by atoms with E-state index in [-0.39, 0.29) is 18.2 Å². The molecule has 3 N–H and O–H groups in total.